The average molecular weight is 380 g/mol. The van der Waals surface area contributed by atoms with Crippen molar-refractivity contribution in [3.63, 3.8) is 0 Å². The van der Waals surface area contributed by atoms with Crippen LogP contribution >= 0.6 is 11.3 Å². The number of hydrogen-bond donors (Lipinski definition) is 0. The van der Waals surface area contributed by atoms with Crippen LogP contribution in [-0.2, 0) is 26.7 Å². The van der Waals surface area contributed by atoms with Gasteiger partial charge in [-0.25, -0.2) is 4.39 Å². The molecule has 0 atom stereocenters. The molecule has 0 spiro atoms. The molecule has 0 radical (unpaired) electrons. The van der Waals surface area contributed by atoms with Crippen LogP contribution in [0.1, 0.15) is 20.9 Å². The Labute approximate surface area is 162 Å². The number of nitrogens with zero attached hydrogens (tertiary/aromatic N) is 3. The number of benzene rings is 1. The quantitative estimate of drug-likeness (QED) is 0.454. The number of hydrogen-bond acceptors (Lipinski definition) is 3. The van der Waals surface area contributed by atoms with Crippen LogP contribution in [0.2, 0.25) is 0 Å². The van der Waals surface area contributed by atoms with Gasteiger partial charge in [-0.3, -0.25) is 9.88 Å². The highest BCUT2D eigenvalue weighted by Crippen LogP contribution is 2.25. The van der Waals surface area contributed by atoms with Crippen LogP contribution < -0.4 is 0 Å². The average Bonchev–Trinajstić information content (AvgIpc) is 3.19. The lowest BCUT2D eigenvalue weighted by molar-refractivity contribution is 0.250. The van der Waals surface area contributed by atoms with Crippen molar-refractivity contribution in [3.8, 4) is 0 Å². The molecule has 0 amide bonds. The molecule has 0 bridgehead atoms. The maximum absolute atomic E-state index is 13.6. The number of rotatable bonds is 6. The van der Waals surface area contributed by atoms with Crippen molar-refractivity contribution in [2.24, 2.45) is 7.05 Å². The predicted molar refractivity (Wildman–Crippen MR) is 109 cm³/mol. The third-order valence-electron chi connectivity index (χ3n) is 4.73. The molecule has 3 heterocycles. The Morgan fingerprint density at radius 1 is 1.11 bits per heavy atom. The summed E-state index contributed by atoms with van der Waals surface area (Å²) >= 11 is 1.84. The Hall–Kier alpha value is -2.50. The van der Waals surface area contributed by atoms with E-state index in [0.29, 0.717) is 0 Å². The zero-order chi connectivity index (χ0) is 18.8. The second-order valence-electron chi connectivity index (χ2n) is 6.95. The Morgan fingerprint density at radius 3 is 2.74 bits per heavy atom. The van der Waals surface area contributed by atoms with E-state index in [1.807, 2.05) is 41.3 Å². The van der Waals surface area contributed by atoms with E-state index in [4.69, 9.17) is 0 Å². The number of aromatic nitrogens is 2. The lowest BCUT2D eigenvalue weighted by Gasteiger charge is -2.21. The molecule has 0 saturated heterocycles. The Morgan fingerprint density at radius 2 is 2.00 bits per heavy atom. The third-order valence-corrected chi connectivity index (χ3v) is 5.72. The van der Waals surface area contributed by atoms with Gasteiger partial charge in [0.2, 0.25) is 0 Å². The number of aryl methyl sites for hydroxylation is 2. The van der Waals surface area contributed by atoms with Gasteiger partial charge in [0.05, 0.1) is 5.52 Å². The SMILES string of the molecule is Cc1ccc(CN(Cc2cccnc2)Cc2cn(C)c3cc(F)ccc23)s1. The summed E-state index contributed by atoms with van der Waals surface area (Å²) < 4.78 is 15.6. The van der Waals surface area contributed by atoms with E-state index in [0.717, 1.165) is 30.5 Å². The predicted octanol–water partition coefficient (Wildman–Crippen LogP) is 5.28. The maximum Gasteiger partial charge on any atom is 0.125 e. The van der Waals surface area contributed by atoms with Crippen molar-refractivity contribution >= 4 is 22.2 Å². The topological polar surface area (TPSA) is 21.1 Å². The highest BCUT2D eigenvalue weighted by atomic mass is 32.1. The first kappa shape index (κ1) is 17.9. The van der Waals surface area contributed by atoms with E-state index < -0.39 is 0 Å². The van der Waals surface area contributed by atoms with Gasteiger partial charge in [-0.1, -0.05) is 6.07 Å². The van der Waals surface area contributed by atoms with Crippen molar-refractivity contribution in [2.45, 2.75) is 26.6 Å². The van der Waals surface area contributed by atoms with Crippen LogP contribution in [0.5, 0.6) is 0 Å². The van der Waals surface area contributed by atoms with Crippen molar-refractivity contribution in [1.82, 2.24) is 14.5 Å². The minimum absolute atomic E-state index is 0.198. The normalized spacial score (nSPS) is 11.6. The van der Waals surface area contributed by atoms with E-state index in [2.05, 4.69) is 41.2 Å². The van der Waals surface area contributed by atoms with Gasteiger partial charge in [-0.15, -0.1) is 11.3 Å². The molecular formula is C22H22FN3S. The second-order valence-corrected chi connectivity index (χ2v) is 8.32. The van der Waals surface area contributed by atoms with Crippen LogP contribution in [0.3, 0.4) is 0 Å². The minimum Gasteiger partial charge on any atom is -0.350 e. The summed E-state index contributed by atoms with van der Waals surface area (Å²) in [6, 6.07) is 13.5. The fourth-order valence-electron chi connectivity index (χ4n) is 3.52. The van der Waals surface area contributed by atoms with Crippen LogP contribution in [0.15, 0.2) is 61.1 Å². The molecule has 4 aromatic rings. The van der Waals surface area contributed by atoms with Crippen molar-refractivity contribution in [3.05, 3.63) is 87.8 Å². The minimum atomic E-state index is -0.198. The summed E-state index contributed by atoms with van der Waals surface area (Å²) in [6.45, 7) is 4.64. The highest BCUT2D eigenvalue weighted by Gasteiger charge is 2.14. The smallest absolute Gasteiger partial charge is 0.125 e. The van der Waals surface area contributed by atoms with Gasteiger partial charge in [-0.05, 0) is 54.4 Å². The molecule has 5 heteroatoms. The summed E-state index contributed by atoms with van der Waals surface area (Å²) in [5.74, 6) is -0.198. The molecule has 3 nitrogen and oxygen atoms in total. The zero-order valence-corrected chi connectivity index (χ0v) is 16.3. The molecule has 4 rings (SSSR count). The summed E-state index contributed by atoms with van der Waals surface area (Å²) in [5.41, 5.74) is 3.33. The number of halogens is 1. The largest absolute Gasteiger partial charge is 0.350 e. The molecule has 138 valence electrons. The lowest BCUT2D eigenvalue weighted by atomic mass is 10.1. The summed E-state index contributed by atoms with van der Waals surface area (Å²) in [4.78, 5) is 9.34. The van der Waals surface area contributed by atoms with Gasteiger partial charge in [0.15, 0.2) is 0 Å². The van der Waals surface area contributed by atoms with Gasteiger partial charge in [0, 0.05) is 60.4 Å². The maximum atomic E-state index is 13.6. The molecule has 0 unspecified atom stereocenters. The van der Waals surface area contributed by atoms with Gasteiger partial charge >= 0.3 is 0 Å². The molecule has 27 heavy (non-hydrogen) atoms. The van der Waals surface area contributed by atoms with Crippen LogP contribution in [-0.4, -0.2) is 14.5 Å². The first-order valence-electron chi connectivity index (χ1n) is 8.98. The van der Waals surface area contributed by atoms with Crippen LogP contribution in [0, 0.1) is 12.7 Å². The molecule has 0 fully saturated rings. The molecule has 0 aliphatic heterocycles. The van der Waals surface area contributed by atoms with E-state index >= 15 is 0 Å². The Bertz CT molecular complexity index is 1050. The van der Waals surface area contributed by atoms with Gasteiger partial charge in [0.1, 0.15) is 5.82 Å². The molecule has 0 saturated carbocycles. The summed E-state index contributed by atoms with van der Waals surface area (Å²) in [6.07, 6.45) is 5.83. The van der Waals surface area contributed by atoms with E-state index in [1.165, 1.54) is 20.9 Å². The number of pyridine rings is 1. The fraction of sp³-hybridized carbons (Fsp3) is 0.227. The first-order valence-corrected chi connectivity index (χ1v) is 9.80. The van der Waals surface area contributed by atoms with Gasteiger partial charge < -0.3 is 4.57 Å². The number of fused-ring (bicyclic) bond motifs is 1. The molecule has 3 aromatic heterocycles. The molecule has 0 N–H and O–H groups in total. The van der Waals surface area contributed by atoms with Crippen molar-refractivity contribution < 1.29 is 4.39 Å². The summed E-state index contributed by atoms with van der Waals surface area (Å²) in [7, 11) is 1.97. The van der Waals surface area contributed by atoms with E-state index in [-0.39, 0.29) is 5.82 Å². The first-order chi connectivity index (χ1) is 13.1. The molecule has 1 aromatic carbocycles. The van der Waals surface area contributed by atoms with E-state index in [9.17, 15) is 4.39 Å². The highest BCUT2D eigenvalue weighted by molar-refractivity contribution is 7.11. The van der Waals surface area contributed by atoms with Crippen molar-refractivity contribution in [2.75, 3.05) is 0 Å². The Balaban J connectivity index is 1.64. The van der Waals surface area contributed by atoms with Gasteiger partial charge in [-0.2, -0.15) is 0 Å². The van der Waals surface area contributed by atoms with E-state index in [1.54, 1.807) is 18.3 Å². The Kier molecular flexibility index (Phi) is 5.05. The van der Waals surface area contributed by atoms with Crippen LogP contribution in [0.4, 0.5) is 4.39 Å². The second kappa shape index (κ2) is 7.62. The van der Waals surface area contributed by atoms with Crippen molar-refractivity contribution in [1.29, 1.82) is 0 Å². The monoisotopic (exact) mass is 379 g/mol. The van der Waals surface area contributed by atoms with Gasteiger partial charge in [0.25, 0.3) is 0 Å². The number of thiophene rings is 1. The molecule has 0 aliphatic rings. The molecular weight excluding hydrogens is 357 g/mol. The van der Waals surface area contributed by atoms with Crippen LogP contribution in [0.25, 0.3) is 10.9 Å². The lowest BCUT2D eigenvalue weighted by Crippen LogP contribution is -2.22. The summed E-state index contributed by atoms with van der Waals surface area (Å²) in [5, 5.41) is 1.11. The third kappa shape index (κ3) is 4.10. The zero-order valence-electron chi connectivity index (χ0n) is 15.5. The fourth-order valence-corrected chi connectivity index (χ4v) is 4.45. The standard InChI is InChI=1S/C22H22FN3S/c1-16-5-7-20(27-16)15-26(12-17-4-3-9-24-11-17)14-18-13-25(2)22-10-19(23)6-8-21(18)22/h3-11,13H,12,14-15H2,1-2H3. The molecule has 0 aliphatic carbocycles.